The number of benzene rings is 1. The van der Waals surface area contributed by atoms with Gasteiger partial charge in [-0.05, 0) is 17.7 Å². The molecule has 23 heavy (non-hydrogen) atoms. The highest BCUT2D eigenvalue weighted by Gasteiger charge is 2.42. The summed E-state index contributed by atoms with van der Waals surface area (Å²) in [7, 11) is 1.72. The van der Waals surface area contributed by atoms with E-state index in [9.17, 15) is 9.59 Å². The highest BCUT2D eigenvalue weighted by atomic mass is 35.5. The summed E-state index contributed by atoms with van der Waals surface area (Å²) in [4.78, 5) is 30.4. The summed E-state index contributed by atoms with van der Waals surface area (Å²) < 4.78 is 0. The molecule has 1 fully saturated rings. The van der Waals surface area contributed by atoms with Gasteiger partial charge in [-0.15, -0.1) is 11.3 Å². The molecular weight excluding hydrogens is 334 g/mol. The SMILES string of the molecule is CN1C(=O)C[C@H](C(=O)NCc2cscn2)[C@H]1c1cccc(Cl)c1. The number of rotatable bonds is 4. The molecular formula is C16H16ClN3O2S. The lowest BCUT2D eigenvalue weighted by Gasteiger charge is -2.25. The summed E-state index contributed by atoms with van der Waals surface area (Å²) in [5, 5.41) is 5.36. The first-order chi connectivity index (χ1) is 11.1. The lowest BCUT2D eigenvalue weighted by molar-refractivity contribution is -0.128. The Morgan fingerprint density at radius 1 is 1.52 bits per heavy atom. The zero-order valence-electron chi connectivity index (χ0n) is 12.5. The van der Waals surface area contributed by atoms with Crippen molar-refractivity contribution in [2.75, 3.05) is 7.05 Å². The summed E-state index contributed by atoms with van der Waals surface area (Å²) in [5.41, 5.74) is 3.42. The van der Waals surface area contributed by atoms with E-state index in [1.807, 2.05) is 23.6 Å². The molecule has 5 nitrogen and oxygen atoms in total. The predicted octanol–water partition coefficient (Wildman–Crippen LogP) is 2.63. The third-order valence-electron chi connectivity index (χ3n) is 4.04. The standard InChI is InChI=1S/C16H16ClN3O2S/c1-20-14(21)6-13(15(20)10-3-2-4-11(17)5-10)16(22)18-7-12-8-23-9-19-12/h2-5,8-9,13,15H,6-7H2,1H3,(H,18,22)/t13-,15+/m0/s1. The molecule has 1 N–H and O–H groups in total. The molecule has 0 bridgehead atoms. The summed E-state index contributed by atoms with van der Waals surface area (Å²) in [6, 6.07) is 7.02. The minimum atomic E-state index is -0.426. The van der Waals surface area contributed by atoms with E-state index in [4.69, 9.17) is 11.6 Å². The molecule has 0 spiro atoms. The molecule has 0 aliphatic carbocycles. The number of nitrogens with zero attached hydrogens (tertiary/aromatic N) is 2. The average Bonchev–Trinajstić information content (AvgIpc) is 3.14. The van der Waals surface area contributed by atoms with Crippen molar-refractivity contribution in [3.05, 3.63) is 51.4 Å². The number of carbonyl (C=O) groups excluding carboxylic acids is 2. The quantitative estimate of drug-likeness (QED) is 0.923. The summed E-state index contributed by atoms with van der Waals surface area (Å²) in [6.45, 7) is 0.374. The van der Waals surface area contributed by atoms with Crippen molar-refractivity contribution in [3.63, 3.8) is 0 Å². The number of aromatic nitrogens is 1. The minimum absolute atomic E-state index is 0.0382. The van der Waals surface area contributed by atoms with Gasteiger partial charge >= 0.3 is 0 Å². The highest BCUT2D eigenvalue weighted by Crippen LogP contribution is 2.37. The Morgan fingerprint density at radius 2 is 2.35 bits per heavy atom. The van der Waals surface area contributed by atoms with Crippen LogP contribution >= 0.6 is 22.9 Å². The maximum atomic E-state index is 12.6. The van der Waals surface area contributed by atoms with Crippen LogP contribution in [0.5, 0.6) is 0 Å². The summed E-state index contributed by atoms with van der Waals surface area (Å²) in [6.07, 6.45) is 0.205. The first-order valence-corrected chi connectivity index (χ1v) is 8.54. The Kier molecular flexibility index (Phi) is 4.63. The van der Waals surface area contributed by atoms with Crippen molar-refractivity contribution in [1.82, 2.24) is 15.2 Å². The zero-order chi connectivity index (χ0) is 16.4. The van der Waals surface area contributed by atoms with Gasteiger partial charge in [-0.1, -0.05) is 23.7 Å². The van der Waals surface area contributed by atoms with Gasteiger partial charge in [0.25, 0.3) is 0 Å². The Morgan fingerprint density at radius 3 is 3.04 bits per heavy atom. The van der Waals surface area contributed by atoms with Crippen LogP contribution in [0.15, 0.2) is 35.2 Å². The molecule has 1 aromatic carbocycles. The predicted molar refractivity (Wildman–Crippen MR) is 89.0 cm³/mol. The number of hydrogen-bond donors (Lipinski definition) is 1. The number of nitrogens with one attached hydrogen (secondary N) is 1. The fraction of sp³-hybridized carbons (Fsp3) is 0.312. The summed E-state index contributed by atoms with van der Waals surface area (Å²) >= 11 is 7.54. The monoisotopic (exact) mass is 349 g/mol. The molecule has 7 heteroatoms. The molecule has 1 saturated heterocycles. The van der Waals surface area contributed by atoms with Crippen LogP contribution in [-0.2, 0) is 16.1 Å². The fourth-order valence-corrected chi connectivity index (χ4v) is 3.64. The van der Waals surface area contributed by atoms with Gasteiger partial charge in [0.1, 0.15) is 0 Å². The Hall–Kier alpha value is -1.92. The molecule has 3 rings (SSSR count). The molecule has 2 amide bonds. The van der Waals surface area contributed by atoms with Crippen LogP contribution in [0.1, 0.15) is 23.7 Å². The van der Waals surface area contributed by atoms with Crippen molar-refractivity contribution < 1.29 is 9.59 Å². The first-order valence-electron chi connectivity index (χ1n) is 7.22. The number of hydrogen-bond acceptors (Lipinski definition) is 4. The largest absolute Gasteiger partial charge is 0.350 e. The third-order valence-corrected chi connectivity index (χ3v) is 4.91. The summed E-state index contributed by atoms with van der Waals surface area (Å²) in [5.74, 6) is -0.603. The number of thiazole rings is 1. The van der Waals surface area contributed by atoms with Crippen molar-refractivity contribution in [2.45, 2.75) is 19.0 Å². The van der Waals surface area contributed by atoms with Gasteiger partial charge in [0, 0.05) is 23.9 Å². The molecule has 2 heterocycles. The fourth-order valence-electron chi connectivity index (χ4n) is 2.88. The zero-order valence-corrected chi connectivity index (χ0v) is 14.1. The maximum Gasteiger partial charge on any atom is 0.226 e. The number of carbonyl (C=O) groups is 2. The number of amides is 2. The minimum Gasteiger partial charge on any atom is -0.350 e. The van der Waals surface area contributed by atoms with Crippen LogP contribution in [0, 0.1) is 5.92 Å². The van der Waals surface area contributed by atoms with E-state index >= 15 is 0 Å². The van der Waals surface area contributed by atoms with Gasteiger partial charge in [-0.25, -0.2) is 4.98 Å². The van der Waals surface area contributed by atoms with E-state index < -0.39 is 5.92 Å². The van der Waals surface area contributed by atoms with Crippen LogP contribution in [0.2, 0.25) is 5.02 Å². The second-order valence-electron chi connectivity index (χ2n) is 5.51. The molecule has 1 aromatic heterocycles. The van der Waals surface area contributed by atoms with Crippen LogP contribution < -0.4 is 5.32 Å². The van der Waals surface area contributed by atoms with E-state index in [2.05, 4.69) is 10.3 Å². The molecule has 120 valence electrons. The van der Waals surface area contributed by atoms with E-state index in [0.717, 1.165) is 11.3 Å². The van der Waals surface area contributed by atoms with Crippen molar-refractivity contribution in [1.29, 1.82) is 0 Å². The highest BCUT2D eigenvalue weighted by molar-refractivity contribution is 7.07. The molecule has 1 aliphatic heterocycles. The van der Waals surface area contributed by atoms with Crippen LogP contribution in [0.4, 0.5) is 0 Å². The number of halogens is 1. The molecule has 1 aliphatic rings. The van der Waals surface area contributed by atoms with E-state index in [0.29, 0.717) is 11.6 Å². The van der Waals surface area contributed by atoms with E-state index in [1.165, 1.54) is 11.3 Å². The van der Waals surface area contributed by atoms with Crippen molar-refractivity contribution >= 4 is 34.8 Å². The van der Waals surface area contributed by atoms with Crippen LogP contribution in [0.3, 0.4) is 0 Å². The van der Waals surface area contributed by atoms with Gasteiger partial charge in [-0.3, -0.25) is 9.59 Å². The topological polar surface area (TPSA) is 62.3 Å². The first kappa shape index (κ1) is 16.0. The van der Waals surface area contributed by atoms with Crippen LogP contribution in [-0.4, -0.2) is 28.7 Å². The van der Waals surface area contributed by atoms with E-state index in [-0.39, 0.29) is 24.3 Å². The Bertz CT molecular complexity index is 720. The second-order valence-corrected chi connectivity index (χ2v) is 6.67. The van der Waals surface area contributed by atoms with Gasteiger partial charge in [0.05, 0.1) is 29.7 Å². The molecule has 2 aromatic rings. The van der Waals surface area contributed by atoms with Gasteiger partial charge in [0.15, 0.2) is 0 Å². The van der Waals surface area contributed by atoms with Crippen molar-refractivity contribution in [2.24, 2.45) is 5.92 Å². The maximum absolute atomic E-state index is 12.6. The Labute approximate surface area is 143 Å². The normalized spacial score (nSPS) is 20.8. The van der Waals surface area contributed by atoms with Gasteiger partial charge in [0.2, 0.25) is 11.8 Å². The van der Waals surface area contributed by atoms with Crippen molar-refractivity contribution in [3.8, 4) is 0 Å². The average molecular weight is 350 g/mol. The van der Waals surface area contributed by atoms with Gasteiger partial charge < -0.3 is 10.2 Å². The third kappa shape index (κ3) is 3.38. The molecule has 0 radical (unpaired) electrons. The van der Waals surface area contributed by atoms with Gasteiger partial charge in [-0.2, -0.15) is 0 Å². The smallest absolute Gasteiger partial charge is 0.226 e. The molecule has 2 atom stereocenters. The second kappa shape index (κ2) is 6.68. The lowest BCUT2D eigenvalue weighted by atomic mass is 9.93. The van der Waals surface area contributed by atoms with Crippen LogP contribution in [0.25, 0.3) is 0 Å². The molecule has 0 unspecified atom stereocenters. The number of likely N-dealkylation sites (tertiary alicyclic amines) is 1. The van der Waals surface area contributed by atoms with E-state index in [1.54, 1.807) is 23.5 Å². The Balaban J connectivity index is 1.78. The molecule has 0 saturated carbocycles. The lowest BCUT2D eigenvalue weighted by Crippen LogP contribution is -2.34.